The molecule has 0 aliphatic carbocycles. The molecular formula is C20H20N2O2S. The second kappa shape index (κ2) is 7.94. The summed E-state index contributed by atoms with van der Waals surface area (Å²) in [5.41, 5.74) is 3.92. The number of hydrogen-bond acceptors (Lipinski definition) is 4. The van der Waals surface area contributed by atoms with Crippen molar-refractivity contribution in [1.82, 2.24) is 10.3 Å². The summed E-state index contributed by atoms with van der Waals surface area (Å²) in [5.74, 6) is 0.592. The normalized spacial score (nSPS) is 10.5. The molecule has 25 heavy (non-hydrogen) atoms. The number of hydrogen-bond donors (Lipinski definition) is 1. The van der Waals surface area contributed by atoms with Crippen LogP contribution in [0.4, 0.5) is 0 Å². The number of thiazole rings is 1. The van der Waals surface area contributed by atoms with E-state index in [0.29, 0.717) is 17.9 Å². The molecule has 128 valence electrons. The van der Waals surface area contributed by atoms with Gasteiger partial charge in [0.15, 0.2) is 0 Å². The van der Waals surface area contributed by atoms with Gasteiger partial charge in [-0.3, -0.25) is 4.79 Å². The van der Waals surface area contributed by atoms with E-state index in [1.54, 1.807) is 30.6 Å². The summed E-state index contributed by atoms with van der Waals surface area (Å²) >= 11 is 1.65. The first kappa shape index (κ1) is 17.2. The van der Waals surface area contributed by atoms with Crippen molar-refractivity contribution in [2.75, 3.05) is 13.7 Å². The molecule has 1 N–H and O–H groups in total. The third-order valence-electron chi connectivity index (χ3n) is 3.90. The van der Waals surface area contributed by atoms with Gasteiger partial charge in [-0.1, -0.05) is 30.3 Å². The quantitative estimate of drug-likeness (QED) is 0.727. The average Bonchev–Trinajstić information content (AvgIpc) is 3.08. The van der Waals surface area contributed by atoms with Crippen molar-refractivity contribution in [3.8, 4) is 17.0 Å². The molecule has 0 radical (unpaired) electrons. The van der Waals surface area contributed by atoms with E-state index in [-0.39, 0.29) is 5.91 Å². The zero-order valence-electron chi connectivity index (χ0n) is 14.3. The molecule has 0 bridgehead atoms. The summed E-state index contributed by atoms with van der Waals surface area (Å²) in [7, 11) is 1.59. The van der Waals surface area contributed by atoms with Crippen LogP contribution in [0.1, 0.15) is 20.9 Å². The number of carbonyl (C=O) groups is 1. The van der Waals surface area contributed by atoms with Gasteiger partial charge < -0.3 is 10.1 Å². The lowest BCUT2D eigenvalue weighted by Gasteiger charge is -2.07. The van der Waals surface area contributed by atoms with Crippen LogP contribution in [0.5, 0.6) is 5.75 Å². The summed E-state index contributed by atoms with van der Waals surface area (Å²) in [4.78, 5) is 16.7. The van der Waals surface area contributed by atoms with Gasteiger partial charge in [0.2, 0.25) is 0 Å². The number of aromatic nitrogens is 1. The molecule has 0 aliphatic heterocycles. The van der Waals surface area contributed by atoms with E-state index in [1.807, 2.05) is 19.1 Å². The van der Waals surface area contributed by atoms with Crippen LogP contribution in [0.3, 0.4) is 0 Å². The number of nitrogens with zero attached hydrogens (tertiary/aromatic N) is 1. The molecule has 3 rings (SSSR count). The maximum atomic E-state index is 12.2. The molecule has 0 saturated heterocycles. The van der Waals surface area contributed by atoms with Crippen molar-refractivity contribution in [3.63, 3.8) is 0 Å². The van der Waals surface area contributed by atoms with Gasteiger partial charge in [-0.25, -0.2) is 4.98 Å². The molecule has 4 nitrogen and oxygen atoms in total. The fourth-order valence-corrected chi connectivity index (χ4v) is 3.15. The molecule has 3 aromatic rings. The number of methoxy groups -OCH3 is 1. The van der Waals surface area contributed by atoms with Crippen molar-refractivity contribution >= 4 is 17.2 Å². The molecule has 1 aromatic heterocycles. The van der Waals surface area contributed by atoms with Gasteiger partial charge in [0, 0.05) is 23.1 Å². The number of benzene rings is 2. The second-order valence-corrected chi connectivity index (χ2v) is 6.75. The zero-order chi connectivity index (χ0) is 17.6. The second-order valence-electron chi connectivity index (χ2n) is 5.69. The topological polar surface area (TPSA) is 51.2 Å². The van der Waals surface area contributed by atoms with Crippen LogP contribution in [0.15, 0.2) is 53.9 Å². The molecule has 0 aliphatic rings. The van der Waals surface area contributed by atoms with E-state index in [0.717, 1.165) is 22.7 Å². The Kier molecular flexibility index (Phi) is 5.46. The van der Waals surface area contributed by atoms with Gasteiger partial charge in [0.05, 0.1) is 17.8 Å². The van der Waals surface area contributed by atoms with Crippen LogP contribution in [-0.2, 0) is 6.42 Å². The first-order chi connectivity index (χ1) is 12.2. The number of aryl methyl sites for hydroxylation is 1. The van der Waals surface area contributed by atoms with E-state index >= 15 is 0 Å². The molecule has 1 amide bonds. The maximum Gasteiger partial charge on any atom is 0.251 e. The SMILES string of the molecule is COc1cccc(C(=O)NCCc2ccc(-c3csc(C)n3)cc2)c1. The monoisotopic (exact) mass is 352 g/mol. The summed E-state index contributed by atoms with van der Waals surface area (Å²) < 4.78 is 5.14. The lowest BCUT2D eigenvalue weighted by Crippen LogP contribution is -2.25. The molecule has 0 fully saturated rings. The van der Waals surface area contributed by atoms with Crippen molar-refractivity contribution in [2.45, 2.75) is 13.3 Å². The van der Waals surface area contributed by atoms with Crippen molar-refractivity contribution < 1.29 is 9.53 Å². The van der Waals surface area contributed by atoms with Crippen molar-refractivity contribution in [1.29, 1.82) is 0 Å². The van der Waals surface area contributed by atoms with Gasteiger partial charge in [-0.15, -0.1) is 11.3 Å². The minimum atomic E-state index is -0.0894. The number of nitrogens with one attached hydrogen (secondary N) is 1. The van der Waals surface area contributed by atoms with E-state index in [9.17, 15) is 4.79 Å². The Hall–Kier alpha value is -2.66. The van der Waals surface area contributed by atoms with Gasteiger partial charge in [-0.2, -0.15) is 0 Å². The first-order valence-corrected chi connectivity index (χ1v) is 8.97. The molecule has 0 spiro atoms. The molecule has 1 heterocycles. The Labute approximate surface area is 151 Å². The minimum absolute atomic E-state index is 0.0894. The summed E-state index contributed by atoms with van der Waals surface area (Å²) in [6, 6.07) is 15.5. The third kappa shape index (κ3) is 4.45. The summed E-state index contributed by atoms with van der Waals surface area (Å²) in [6.45, 7) is 2.60. The van der Waals surface area contributed by atoms with E-state index < -0.39 is 0 Å². The summed E-state index contributed by atoms with van der Waals surface area (Å²) in [6.07, 6.45) is 0.784. The largest absolute Gasteiger partial charge is 0.497 e. The van der Waals surface area contributed by atoms with Gasteiger partial charge in [0.25, 0.3) is 5.91 Å². The third-order valence-corrected chi connectivity index (χ3v) is 4.67. The number of rotatable bonds is 6. The Morgan fingerprint density at radius 1 is 1.20 bits per heavy atom. The smallest absolute Gasteiger partial charge is 0.251 e. The van der Waals surface area contributed by atoms with Crippen LogP contribution in [0.2, 0.25) is 0 Å². The van der Waals surface area contributed by atoms with Crippen molar-refractivity contribution in [3.05, 3.63) is 70.0 Å². The maximum absolute atomic E-state index is 12.2. The Morgan fingerprint density at radius 3 is 2.68 bits per heavy atom. The fraction of sp³-hybridized carbons (Fsp3) is 0.200. The fourth-order valence-electron chi connectivity index (χ4n) is 2.52. The first-order valence-electron chi connectivity index (χ1n) is 8.09. The molecular weight excluding hydrogens is 332 g/mol. The van der Waals surface area contributed by atoms with E-state index in [4.69, 9.17) is 4.74 Å². The van der Waals surface area contributed by atoms with Crippen LogP contribution in [0, 0.1) is 6.92 Å². The number of ether oxygens (including phenoxy) is 1. The van der Waals surface area contributed by atoms with Crippen LogP contribution < -0.4 is 10.1 Å². The molecule has 2 aromatic carbocycles. The molecule has 5 heteroatoms. The lowest BCUT2D eigenvalue weighted by atomic mass is 10.1. The molecule has 0 atom stereocenters. The Balaban J connectivity index is 1.54. The lowest BCUT2D eigenvalue weighted by molar-refractivity contribution is 0.0954. The van der Waals surface area contributed by atoms with E-state index in [1.165, 1.54) is 5.56 Å². The highest BCUT2D eigenvalue weighted by Gasteiger charge is 2.06. The van der Waals surface area contributed by atoms with Gasteiger partial charge in [-0.05, 0) is 37.1 Å². The molecule has 0 unspecified atom stereocenters. The highest BCUT2D eigenvalue weighted by Crippen LogP contribution is 2.21. The van der Waals surface area contributed by atoms with Crippen molar-refractivity contribution in [2.24, 2.45) is 0 Å². The molecule has 0 saturated carbocycles. The number of amides is 1. The van der Waals surface area contributed by atoms with Crippen LogP contribution >= 0.6 is 11.3 Å². The predicted octanol–water partition coefficient (Wildman–Crippen LogP) is 4.10. The van der Waals surface area contributed by atoms with Gasteiger partial charge >= 0.3 is 0 Å². The standard InChI is InChI=1S/C20H20N2O2S/c1-14-22-19(13-25-14)16-8-6-15(7-9-16)10-11-21-20(23)17-4-3-5-18(12-17)24-2/h3-9,12-13H,10-11H2,1-2H3,(H,21,23). The Bertz CT molecular complexity index is 856. The van der Waals surface area contributed by atoms with Crippen LogP contribution in [-0.4, -0.2) is 24.5 Å². The Morgan fingerprint density at radius 2 is 2.00 bits per heavy atom. The average molecular weight is 352 g/mol. The summed E-state index contributed by atoms with van der Waals surface area (Å²) in [5, 5.41) is 6.08. The zero-order valence-corrected chi connectivity index (χ0v) is 15.1. The highest BCUT2D eigenvalue weighted by molar-refractivity contribution is 7.09. The van der Waals surface area contributed by atoms with Gasteiger partial charge in [0.1, 0.15) is 5.75 Å². The predicted molar refractivity (Wildman–Crippen MR) is 101 cm³/mol. The van der Waals surface area contributed by atoms with E-state index in [2.05, 4.69) is 39.9 Å². The highest BCUT2D eigenvalue weighted by atomic mass is 32.1. The number of carbonyl (C=O) groups excluding carboxylic acids is 1. The minimum Gasteiger partial charge on any atom is -0.497 e. The van der Waals surface area contributed by atoms with Crippen LogP contribution in [0.25, 0.3) is 11.3 Å².